The van der Waals surface area contributed by atoms with Gasteiger partial charge in [-0.15, -0.1) is 0 Å². The molecule has 0 unspecified atom stereocenters. The Balaban J connectivity index is 0.000000345. The number of carboxylic acids is 1. The summed E-state index contributed by atoms with van der Waals surface area (Å²) in [6.45, 7) is 7.10. The fraction of sp³-hybridized carbons (Fsp3) is 0.529. The van der Waals surface area contributed by atoms with Crippen molar-refractivity contribution in [1.29, 1.82) is 0 Å². The van der Waals surface area contributed by atoms with Crippen molar-refractivity contribution in [3.05, 3.63) is 35.4 Å². The molecule has 1 aliphatic heterocycles. The van der Waals surface area contributed by atoms with Crippen LogP contribution < -0.4 is 5.32 Å². The van der Waals surface area contributed by atoms with Crippen LogP contribution in [-0.2, 0) is 24.3 Å². The van der Waals surface area contributed by atoms with Gasteiger partial charge in [0.2, 0.25) is 5.95 Å². The van der Waals surface area contributed by atoms with Gasteiger partial charge in [0.05, 0.1) is 17.9 Å². The lowest BCUT2D eigenvalue weighted by Gasteiger charge is -2.24. The number of aromatic nitrogens is 4. The van der Waals surface area contributed by atoms with Gasteiger partial charge in [0.15, 0.2) is 0 Å². The van der Waals surface area contributed by atoms with Crippen LogP contribution in [0.5, 0.6) is 0 Å². The van der Waals surface area contributed by atoms with Gasteiger partial charge < -0.3 is 15.3 Å². The van der Waals surface area contributed by atoms with Gasteiger partial charge in [-0.3, -0.25) is 4.68 Å². The van der Waals surface area contributed by atoms with Gasteiger partial charge in [0.25, 0.3) is 0 Å². The zero-order valence-corrected chi connectivity index (χ0v) is 15.9. The summed E-state index contributed by atoms with van der Waals surface area (Å²) in [5.41, 5.74) is 3.87. The highest BCUT2D eigenvalue weighted by Gasteiger charge is 2.38. The first kappa shape index (κ1) is 21.6. The molecule has 2 aromatic heterocycles. The number of anilines is 1. The quantitative estimate of drug-likeness (QED) is 0.814. The first-order valence-corrected chi connectivity index (χ1v) is 8.68. The standard InChI is InChI=1S/C15H22N6.C2HF3O2/c1-11(2)21-14-10-20(3)8-5-12(14)13(19-21)9-18-15-16-6-4-7-17-15;3-2(4,5)1(6)7/h4,6-7,11H,5,8-10H2,1-3H3,(H,16,17,18);(H,6,7). The molecule has 0 amide bonds. The van der Waals surface area contributed by atoms with Crippen LogP contribution >= 0.6 is 0 Å². The van der Waals surface area contributed by atoms with E-state index >= 15 is 0 Å². The van der Waals surface area contributed by atoms with Crippen LogP contribution in [0.2, 0.25) is 0 Å². The number of carbonyl (C=O) groups is 1. The van der Waals surface area contributed by atoms with Crippen molar-refractivity contribution in [2.75, 3.05) is 18.9 Å². The Morgan fingerprint density at radius 3 is 2.46 bits per heavy atom. The molecule has 0 aliphatic carbocycles. The molecule has 0 atom stereocenters. The molecule has 8 nitrogen and oxygen atoms in total. The van der Waals surface area contributed by atoms with Crippen molar-refractivity contribution in [3.63, 3.8) is 0 Å². The Morgan fingerprint density at radius 2 is 1.93 bits per heavy atom. The molecule has 0 spiro atoms. The van der Waals surface area contributed by atoms with E-state index in [0.29, 0.717) is 18.5 Å². The van der Waals surface area contributed by atoms with E-state index in [4.69, 9.17) is 15.0 Å². The van der Waals surface area contributed by atoms with Crippen LogP contribution in [0, 0.1) is 0 Å². The summed E-state index contributed by atoms with van der Waals surface area (Å²) in [6, 6.07) is 2.20. The molecule has 0 saturated carbocycles. The molecule has 2 aromatic rings. The maximum absolute atomic E-state index is 10.6. The molecule has 3 heterocycles. The zero-order valence-electron chi connectivity index (χ0n) is 15.9. The van der Waals surface area contributed by atoms with E-state index in [1.54, 1.807) is 12.4 Å². The summed E-state index contributed by atoms with van der Waals surface area (Å²) in [6.07, 6.45) is -0.538. The van der Waals surface area contributed by atoms with Crippen LogP contribution in [0.15, 0.2) is 18.5 Å². The number of carboxylic acid groups (broad SMARTS) is 1. The number of hydrogen-bond donors (Lipinski definition) is 2. The lowest BCUT2D eigenvalue weighted by Crippen LogP contribution is -2.28. The monoisotopic (exact) mass is 400 g/mol. The number of hydrogen-bond acceptors (Lipinski definition) is 6. The minimum atomic E-state index is -5.08. The number of nitrogens with one attached hydrogen (secondary N) is 1. The lowest BCUT2D eigenvalue weighted by atomic mass is 10.0. The maximum Gasteiger partial charge on any atom is 0.490 e. The average molecular weight is 400 g/mol. The van der Waals surface area contributed by atoms with Crippen molar-refractivity contribution in [1.82, 2.24) is 24.6 Å². The number of nitrogens with zero attached hydrogens (tertiary/aromatic N) is 5. The molecule has 0 aromatic carbocycles. The van der Waals surface area contributed by atoms with Gasteiger partial charge in [-0.25, -0.2) is 14.8 Å². The van der Waals surface area contributed by atoms with Crippen molar-refractivity contribution in [2.24, 2.45) is 0 Å². The van der Waals surface area contributed by atoms with Gasteiger partial charge in [-0.2, -0.15) is 18.3 Å². The number of aliphatic carboxylic acids is 1. The minimum absolute atomic E-state index is 0.381. The smallest absolute Gasteiger partial charge is 0.475 e. The number of rotatable bonds is 4. The summed E-state index contributed by atoms with van der Waals surface area (Å²) in [5, 5.41) is 15.2. The molecule has 154 valence electrons. The molecule has 28 heavy (non-hydrogen) atoms. The van der Waals surface area contributed by atoms with Crippen LogP contribution in [0.25, 0.3) is 0 Å². The van der Waals surface area contributed by atoms with Gasteiger partial charge >= 0.3 is 12.1 Å². The van der Waals surface area contributed by atoms with E-state index in [1.807, 2.05) is 6.07 Å². The molecule has 0 fully saturated rings. The summed E-state index contributed by atoms with van der Waals surface area (Å²) < 4.78 is 33.9. The fourth-order valence-corrected chi connectivity index (χ4v) is 2.77. The molecular formula is C17H23F3N6O2. The van der Waals surface area contributed by atoms with E-state index in [2.05, 4.69) is 45.8 Å². The number of likely N-dealkylation sites (N-methyl/N-ethyl adjacent to an activating group) is 1. The molecule has 2 N–H and O–H groups in total. The third kappa shape index (κ3) is 5.65. The van der Waals surface area contributed by atoms with Gasteiger partial charge in [-0.1, -0.05) is 0 Å². The molecule has 0 bridgehead atoms. The predicted molar refractivity (Wildman–Crippen MR) is 95.7 cm³/mol. The maximum atomic E-state index is 10.6. The Morgan fingerprint density at radius 1 is 1.32 bits per heavy atom. The second-order valence-corrected chi connectivity index (χ2v) is 6.63. The second-order valence-electron chi connectivity index (χ2n) is 6.63. The normalized spacial score (nSPS) is 14.2. The molecule has 0 radical (unpaired) electrons. The Kier molecular flexibility index (Phi) is 6.95. The highest BCUT2D eigenvalue weighted by molar-refractivity contribution is 5.73. The van der Waals surface area contributed by atoms with Gasteiger partial charge in [0, 0.05) is 37.1 Å². The zero-order chi connectivity index (χ0) is 20.9. The highest BCUT2D eigenvalue weighted by Crippen LogP contribution is 2.24. The van der Waals surface area contributed by atoms with Crippen LogP contribution in [-0.4, -0.2) is 55.5 Å². The third-order valence-electron chi connectivity index (χ3n) is 4.08. The lowest BCUT2D eigenvalue weighted by molar-refractivity contribution is -0.192. The van der Waals surface area contributed by atoms with E-state index in [-0.39, 0.29) is 0 Å². The average Bonchev–Trinajstić information content (AvgIpc) is 2.98. The number of alkyl halides is 3. The first-order valence-electron chi connectivity index (χ1n) is 8.68. The Bertz CT molecular complexity index is 792. The number of fused-ring (bicyclic) bond motifs is 1. The molecule has 11 heteroatoms. The largest absolute Gasteiger partial charge is 0.490 e. The third-order valence-corrected chi connectivity index (χ3v) is 4.08. The molecular weight excluding hydrogens is 377 g/mol. The van der Waals surface area contributed by atoms with Crippen molar-refractivity contribution in [2.45, 2.75) is 45.6 Å². The fourth-order valence-electron chi connectivity index (χ4n) is 2.77. The Labute approximate surface area is 160 Å². The van der Waals surface area contributed by atoms with Crippen molar-refractivity contribution >= 4 is 11.9 Å². The van der Waals surface area contributed by atoms with Gasteiger partial charge in [0.1, 0.15) is 0 Å². The number of halogens is 3. The van der Waals surface area contributed by atoms with E-state index in [9.17, 15) is 13.2 Å². The predicted octanol–water partition coefficient (Wildman–Crippen LogP) is 2.49. The van der Waals surface area contributed by atoms with Crippen molar-refractivity contribution < 1.29 is 23.1 Å². The summed E-state index contributed by atoms with van der Waals surface area (Å²) in [7, 11) is 2.16. The topological polar surface area (TPSA) is 96.2 Å². The molecule has 1 aliphatic rings. The minimum Gasteiger partial charge on any atom is -0.475 e. The van der Waals surface area contributed by atoms with Gasteiger partial charge in [-0.05, 0) is 33.4 Å². The van der Waals surface area contributed by atoms with Crippen molar-refractivity contribution in [3.8, 4) is 0 Å². The van der Waals surface area contributed by atoms with E-state index in [0.717, 1.165) is 25.2 Å². The summed E-state index contributed by atoms with van der Waals surface area (Å²) >= 11 is 0. The summed E-state index contributed by atoms with van der Waals surface area (Å²) in [4.78, 5) is 19.6. The van der Waals surface area contributed by atoms with Crippen LogP contribution in [0.4, 0.5) is 19.1 Å². The summed E-state index contributed by atoms with van der Waals surface area (Å²) in [5.74, 6) is -2.11. The first-order chi connectivity index (χ1) is 13.1. The SMILES string of the molecule is CC(C)n1nc(CNc2ncccn2)c2c1CN(C)CC2.O=C(O)C(F)(F)F. The molecule has 3 rings (SSSR count). The second kappa shape index (κ2) is 9.00. The van der Waals surface area contributed by atoms with E-state index < -0.39 is 12.1 Å². The van der Waals surface area contributed by atoms with Crippen LogP contribution in [0.3, 0.4) is 0 Å². The molecule has 0 saturated heterocycles. The van der Waals surface area contributed by atoms with E-state index in [1.165, 1.54) is 11.3 Å². The highest BCUT2D eigenvalue weighted by atomic mass is 19.4. The van der Waals surface area contributed by atoms with Crippen LogP contribution in [0.1, 0.15) is 36.8 Å². The Hall–Kier alpha value is -2.69.